The van der Waals surface area contributed by atoms with E-state index in [1.165, 1.54) is 0 Å². The molecule has 0 N–H and O–H groups in total. The molecule has 4 aromatic rings. The van der Waals surface area contributed by atoms with Crippen LogP contribution in [0.2, 0.25) is 0 Å². The molecule has 1 atom stereocenters. The molecule has 0 aromatic heterocycles. The number of fused-ring (bicyclic) bond motifs is 1. The Kier molecular flexibility index (Phi) is 6.37. The number of hydrogen-bond donors (Lipinski definition) is 0. The first-order valence-corrected chi connectivity index (χ1v) is 13.3. The number of carbonyl (C=O) groups is 1. The van der Waals surface area contributed by atoms with Crippen molar-refractivity contribution >= 4 is 15.7 Å². The van der Waals surface area contributed by atoms with Crippen molar-refractivity contribution < 1.29 is 17.9 Å². The Bertz CT molecular complexity index is 1470. The highest BCUT2D eigenvalue weighted by Gasteiger charge is 2.58. The van der Waals surface area contributed by atoms with Crippen LogP contribution in [0.3, 0.4) is 0 Å². The van der Waals surface area contributed by atoms with Gasteiger partial charge >= 0.3 is 0 Å². The zero-order valence-corrected chi connectivity index (χ0v) is 20.8. The van der Waals surface area contributed by atoms with Crippen LogP contribution in [-0.4, -0.2) is 26.3 Å². The van der Waals surface area contributed by atoms with Gasteiger partial charge in [0.05, 0.1) is 12.0 Å². The first kappa shape index (κ1) is 23.8. The summed E-state index contributed by atoms with van der Waals surface area (Å²) in [6.45, 7) is 0.151. The van der Waals surface area contributed by atoms with Gasteiger partial charge in [0.1, 0.15) is 5.75 Å². The fourth-order valence-electron chi connectivity index (χ4n) is 5.02. The largest absolute Gasteiger partial charge is 0.497 e. The molecule has 0 saturated carbocycles. The number of aryl methyl sites for hydroxylation is 1. The van der Waals surface area contributed by atoms with Gasteiger partial charge in [-0.2, -0.15) is 0 Å². The van der Waals surface area contributed by atoms with Gasteiger partial charge in [0.15, 0.2) is 4.87 Å². The van der Waals surface area contributed by atoms with Crippen molar-refractivity contribution in [1.82, 2.24) is 4.90 Å². The number of rotatable bonds is 8. The molecule has 5 nitrogen and oxygen atoms in total. The van der Waals surface area contributed by atoms with Crippen LogP contribution in [0.4, 0.5) is 0 Å². The van der Waals surface area contributed by atoms with E-state index in [9.17, 15) is 13.2 Å². The van der Waals surface area contributed by atoms with Gasteiger partial charge in [0.2, 0.25) is 9.84 Å². The highest BCUT2D eigenvalue weighted by atomic mass is 32.2. The van der Waals surface area contributed by atoms with E-state index in [1.807, 2.05) is 54.6 Å². The van der Waals surface area contributed by atoms with Crippen LogP contribution in [0.5, 0.6) is 5.75 Å². The smallest absolute Gasteiger partial charge is 0.256 e. The third kappa shape index (κ3) is 3.97. The van der Waals surface area contributed by atoms with E-state index < -0.39 is 14.7 Å². The van der Waals surface area contributed by atoms with Crippen LogP contribution < -0.4 is 4.74 Å². The van der Waals surface area contributed by atoms with Gasteiger partial charge in [-0.05, 0) is 54.3 Å². The summed E-state index contributed by atoms with van der Waals surface area (Å²) < 4.78 is 34.4. The van der Waals surface area contributed by atoms with Gasteiger partial charge < -0.3 is 9.64 Å². The molecule has 0 aliphatic carbocycles. The predicted octanol–water partition coefficient (Wildman–Crippen LogP) is 5.61. The summed E-state index contributed by atoms with van der Waals surface area (Å²) in [4.78, 5) is 14.1. The molecule has 6 heteroatoms. The zero-order valence-electron chi connectivity index (χ0n) is 20.0. The van der Waals surface area contributed by atoms with Crippen molar-refractivity contribution in [2.75, 3.05) is 7.11 Å². The lowest BCUT2D eigenvalue weighted by atomic mass is 9.97. The maximum atomic E-state index is 14.6. The van der Waals surface area contributed by atoms with Gasteiger partial charge in [0.25, 0.3) is 5.91 Å². The Labute approximate surface area is 211 Å². The lowest BCUT2D eigenvalue weighted by Crippen LogP contribution is -2.49. The van der Waals surface area contributed by atoms with Gasteiger partial charge in [-0.3, -0.25) is 4.79 Å². The minimum atomic E-state index is -4.02. The molecule has 0 spiro atoms. The van der Waals surface area contributed by atoms with E-state index >= 15 is 0 Å². The summed E-state index contributed by atoms with van der Waals surface area (Å²) in [5.74, 6) is 0.413. The normalized spacial score (nSPS) is 17.1. The maximum Gasteiger partial charge on any atom is 0.256 e. The summed E-state index contributed by atoms with van der Waals surface area (Å²) in [5.41, 5.74) is 2.80. The number of nitrogens with zero attached hydrogens (tertiary/aromatic N) is 1. The summed E-state index contributed by atoms with van der Waals surface area (Å²) in [6.07, 6.45) is 0.723. The van der Waals surface area contributed by atoms with Crippen LogP contribution in [0.1, 0.15) is 33.5 Å². The first-order chi connectivity index (χ1) is 17.5. The van der Waals surface area contributed by atoms with Gasteiger partial charge in [-0.15, -0.1) is 0 Å². The number of methoxy groups -OCH3 is 1. The average Bonchev–Trinajstić information content (AvgIpc) is 3.17. The fourth-order valence-corrected chi connectivity index (χ4v) is 7.21. The lowest BCUT2D eigenvalue weighted by Gasteiger charge is -2.39. The van der Waals surface area contributed by atoms with Crippen LogP contribution in [-0.2, 0) is 27.7 Å². The first-order valence-electron chi connectivity index (χ1n) is 11.9. The number of carbonyl (C=O) groups excluding carboxylic acids is 1. The van der Waals surface area contributed by atoms with E-state index in [0.29, 0.717) is 23.3 Å². The molecule has 0 radical (unpaired) electrons. The highest BCUT2D eigenvalue weighted by Crippen LogP contribution is 2.49. The predicted molar refractivity (Wildman–Crippen MR) is 139 cm³/mol. The molecule has 1 unspecified atom stereocenters. The number of benzene rings is 4. The molecule has 1 amide bonds. The molecule has 0 saturated heterocycles. The van der Waals surface area contributed by atoms with Crippen molar-refractivity contribution in [3.8, 4) is 5.75 Å². The lowest BCUT2D eigenvalue weighted by molar-refractivity contribution is 0.0647. The zero-order chi connectivity index (χ0) is 25.2. The number of sulfone groups is 1. The Morgan fingerprint density at radius 3 is 2.03 bits per heavy atom. The van der Waals surface area contributed by atoms with Gasteiger partial charge in [-0.25, -0.2) is 8.42 Å². The molecule has 36 heavy (non-hydrogen) atoms. The molecule has 0 bridgehead atoms. The van der Waals surface area contributed by atoms with Gasteiger partial charge in [-0.1, -0.05) is 78.9 Å². The van der Waals surface area contributed by atoms with Crippen molar-refractivity contribution in [3.05, 3.63) is 131 Å². The van der Waals surface area contributed by atoms with Crippen LogP contribution in [0, 0.1) is 0 Å². The molecule has 1 aliphatic rings. The van der Waals surface area contributed by atoms with Crippen LogP contribution in [0.15, 0.2) is 114 Å². The third-order valence-corrected chi connectivity index (χ3v) is 9.28. The van der Waals surface area contributed by atoms with E-state index in [4.69, 9.17) is 4.74 Å². The summed E-state index contributed by atoms with van der Waals surface area (Å²) in [7, 11) is -2.42. The molecule has 1 aliphatic heterocycles. The highest BCUT2D eigenvalue weighted by molar-refractivity contribution is 7.92. The third-order valence-electron chi connectivity index (χ3n) is 6.85. The minimum absolute atomic E-state index is 0.151. The molecular weight excluding hydrogens is 470 g/mol. The maximum absolute atomic E-state index is 14.6. The average molecular weight is 498 g/mol. The summed E-state index contributed by atoms with van der Waals surface area (Å²) in [6, 6.07) is 32.7. The van der Waals surface area contributed by atoms with E-state index in [0.717, 1.165) is 11.1 Å². The monoisotopic (exact) mass is 497 g/mol. The van der Waals surface area contributed by atoms with Crippen molar-refractivity contribution in [1.29, 1.82) is 0 Å². The molecule has 4 aromatic carbocycles. The second kappa shape index (κ2) is 9.63. The molecule has 0 fully saturated rings. The minimum Gasteiger partial charge on any atom is -0.497 e. The molecular formula is C30H27NO4S. The van der Waals surface area contributed by atoms with Crippen LogP contribution in [0.25, 0.3) is 0 Å². The summed E-state index contributed by atoms with van der Waals surface area (Å²) >= 11 is 0. The topological polar surface area (TPSA) is 63.7 Å². The second-order valence-corrected chi connectivity index (χ2v) is 11.0. The molecule has 182 valence electrons. The quantitative estimate of drug-likeness (QED) is 0.317. The Morgan fingerprint density at radius 1 is 0.750 bits per heavy atom. The number of hydrogen-bond acceptors (Lipinski definition) is 4. The fraction of sp³-hybridized carbons (Fsp3) is 0.167. The van der Waals surface area contributed by atoms with E-state index in [1.54, 1.807) is 66.6 Å². The molecule has 5 rings (SSSR count). The number of amides is 1. The second-order valence-electron chi connectivity index (χ2n) is 8.87. The Balaban J connectivity index is 1.70. The van der Waals surface area contributed by atoms with E-state index in [2.05, 4.69) is 0 Å². The van der Waals surface area contributed by atoms with Crippen molar-refractivity contribution in [3.63, 3.8) is 0 Å². The molecule has 1 heterocycles. The Morgan fingerprint density at radius 2 is 1.36 bits per heavy atom. The summed E-state index contributed by atoms with van der Waals surface area (Å²) in [5, 5.41) is 0. The van der Waals surface area contributed by atoms with Crippen LogP contribution >= 0.6 is 0 Å². The van der Waals surface area contributed by atoms with Crippen molar-refractivity contribution in [2.24, 2.45) is 0 Å². The number of ether oxygens (including phenoxy) is 1. The van der Waals surface area contributed by atoms with Crippen molar-refractivity contribution in [2.45, 2.75) is 29.2 Å². The SMILES string of the molecule is COc1ccc(CN2C(=O)c3ccccc3C2(CCc2ccccc2)S(=O)(=O)c2ccccc2)cc1. The standard InChI is InChI=1S/C30H27NO4S/c1-35-25-18-16-24(17-19-25)22-31-29(32)27-14-8-9-15-28(27)30(31,21-20-23-10-4-2-5-11-23)36(33,34)26-12-6-3-7-13-26/h2-19H,20-22H2,1H3. The van der Waals surface area contributed by atoms with E-state index in [-0.39, 0.29) is 23.8 Å². The Hall–Kier alpha value is -3.90. The van der Waals surface area contributed by atoms with Gasteiger partial charge in [0, 0.05) is 17.7 Å².